The number of benzene rings is 1. The number of nitrogens with one attached hydrogen (secondary N) is 2. The molecule has 114 valence electrons. The number of rotatable bonds is 7. The predicted octanol–water partition coefficient (Wildman–Crippen LogP) is 0.332. The molecule has 0 bridgehead atoms. The summed E-state index contributed by atoms with van der Waals surface area (Å²) in [5.41, 5.74) is -0.107. The van der Waals surface area contributed by atoms with Gasteiger partial charge in [-0.2, -0.15) is 0 Å². The van der Waals surface area contributed by atoms with Gasteiger partial charge < -0.3 is 10.4 Å². The van der Waals surface area contributed by atoms with Crippen molar-refractivity contribution in [3.63, 3.8) is 0 Å². The van der Waals surface area contributed by atoms with Crippen LogP contribution in [0.3, 0.4) is 0 Å². The van der Waals surface area contributed by atoms with Gasteiger partial charge in [0.1, 0.15) is 0 Å². The number of sulfonamides is 1. The van der Waals surface area contributed by atoms with Crippen LogP contribution in [0.5, 0.6) is 0 Å². The molecule has 1 aromatic rings. The van der Waals surface area contributed by atoms with E-state index in [1.54, 1.807) is 0 Å². The van der Waals surface area contributed by atoms with Crippen molar-refractivity contribution in [1.82, 2.24) is 10.0 Å². The number of amides is 1. The van der Waals surface area contributed by atoms with Gasteiger partial charge >= 0.3 is 5.97 Å². The minimum atomic E-state index is -3.82. The number of carbonyl (C=O) groups excluding carboxylic acids is 1. The molecule has 1 aliphatic rings. The Morgan fingerprint density at radius 3 is 2.62 bits per heavy atom. The van der Waals surface area contributed by atoms with Gasteiger partial charge in [-0.05, 0) is 31.0 Å². The first kappa shape index (κ1) is 15.5. The molecule has 1 saturated carbocycles. The van der Waals surface area contributed by atoms with Crippen molar-refractivity contribution >= 4 is 21.9 Å². The first-order valence-corrected chi connectivity index (χ1v) is 7.99. The second-order valence-corrected chi connectivity index (χ2v) is 6.59. The van der Waals surface area contributed by atoms with Crippen LogP contribution in [0.2, 0.25) is 0 Å². The highest BCUT2D eigenvalue weighted by molar-refractivity contribution is 7.89. The van der Waals surface area contributed by atoms with Crippen LogP contribution in [0.1, 0.15) is 29.6 Å². The number of hydrogen-bond acceptors (Lipinski definition) is 4. The van der Waals surface area contributed by atoms with E-state index < -0.39 is 16.0 Å². The first-order valence-electron chi connectivity index (χ1n) is 6.51. The van der Waals surface area contributed by atoms with Crippen molar-refractivity contribution in [2.75, 3.05) is 6.54 Å². The Bertz CT molecular complexity index is 652. The smallest absolute Gasteiger partial charge is 0.335 e. The Hall–Kier alpha value is -1.93. The summed E-state index contributed by atoms with van der Waals surface area (Å²) in [7, 11) is -3.82. The Kier molecular flexibility index (Phi) is 4.59. The van der Waals surface area contributed by atoms with Gasteiger partial charge in [-0.1, -0.05) is 6.07 Å². The summed E-state index contributed by atoms with van der Waals surface area (Å²) >= 11 is 0. The van der Waals surface area contributed by atoms with Crippen molar-refractivity contribution in [2.45, 2.75) is 30.2 Å². The molecule has 0 atom stereocenters. The monoisotopic (exact) mass is 312 g/mol. The third-order valence-corrected chi connectivity index (χ3v) is 4.44. The Balaban J connectivity index is 1.92. The molecule has 3 N–H and O–H groups in total. The number of carboxylic acids is 1. The third kappa shape index (κ3) is 4.54. The van der Waals surface area contributed by atoms with Crippen LogP contribution in [0, 0.1) is 0 Å². The van der Waals surface area contributed by atoms with Gasteiger partial charge in [-0.3, -0.25) is 4.79 Å². The zero-order chi connectivity index (χ0) is 15.5. The average Bonchev–Trinajstić information content (AvgIpc) is 3.22. The molecule has 0 saturated heterocycles. The molecular weight excluding hydrogens is 296 g/mol. The number of carbonyl (C=O) groups is 2. The Morgan fingerprint density at radius 1 is 1.29 bits per heavy atom. The summed E-state index contributed by atoms with van der Waals surface area (Å²) in [6.45, 7) is -0.0296. The average molecular weight is 312 g/mol. The zero-order valence-corrected chi connectivity index (χ0v) is 12.0. The van der Waals surface area contributed by atoms with E-state index in [2.05, 4.69) is 10.0 Å². The van der Waals surface area contributed by atoms with E-state index in [-0.39, 0.29) is 35.4 Å². The van der Waals surface area contributed by atoms with Crippen molar-refractivity contribution in [3.05, 3.63) is 29.8 Å². The third-order valence-electron chi connectivity index (χ3n) is 2.98. The minimum absolute atomic E-state index is 0.0296. The summed E-state index contributed by atoms with van der Waals surface area (Å²) in [5.74, 6) is -1.39. The molecule has 0 unspecified atom stereocenters. The molecule has 8 heteroatoms. The van der Waals surface area contributed by atoms with Crippen LogP contribution in [-0.2, 0) is 14.8 Å². The maximum atomic E-state index is 12.0. The van der Waals surface area contributed by atoms with Crippen LogP contribution in [0.25, 0.3) is 0 Å². The lowest BCUT2D eigenvalue weighted by atomic mass is 10.2. The topological polar surface area (TPSA) is 113 Å². The number of hydrogen-bond donors (Lipinski definition) is 3. The second kappa shape index (κ2) is 6.23. The molecule has 0 radical (unpaired) electrons. The summed E-state index contributed by atoms with van der Waals surface area (Å²) < 4.78 is 26.3. The molecule has 0 aromatic heterocycles. The highest BCUT2D eigenvalue weighted by Gasteiger charge is 2.23. The molecule has 0 aliphatic heterocycles. The summed E-state index contributed by atoms with van der Waals surface area (Å²) in [6, 6.07) is 5.29. The van der Waals surface area contributed by atoms with Gasteiger partial charge in [0.25, 0.3) is 0 Å². The minimum Gasteiger partial charge on any atom is -0.478 e. The van der Waals surface area contributed by atoms with E-state index in [0.717, 1.165) is 18.9 Å². The summed E-state index contributed by atoms with van der Waals surface area (Å²) in [5, 5.41) is 11.6. The SMILES string of the molecule is O=C(CCNS(=O)(=O)c1cccc(C(=O)O)c1)NC1CC1. The molecule has 1 amide bonds. The Labute approximate surface area is 122 Å². The molecular formula is C13H16N2O5S. The molecule has 1 fully saturated rings. The van der Waals surface area contributed by atoms with E-state index in [4.69, 9.17) is 5.11 Å². The van der Waals surface area contributed by atoms with Crippen molar-refractivity contribution in [2.24, 2.45) is 0 Å². The van der Waals surface area contributed by atoms with Crippen LogP contribution in [-0.4, -0.2) is 38.0 Å². The van der Waals surface area contributed by atoms with Gasteiger partial charge in [0.05, 0.1) is 10.5 Å². The quantitative estimate of drug-likeness (QED) is 0.671. The van der Waals surface area contributed by atoms with Gasteiger partial charge in [-0.25, -0.2) is 17.9 Å². The molecule has 0 heterocycles. The molecule has 0 spiro atoms. The van der Waals surface area contributed by atoms with Gasteiger partial charge in [0.15, 0.2) is 0 Å². The fourth-order valence-corrected chi connectivity index (χ4v) is 2.78. The van der Waals surface area contributed by atoms with Crippen molar-refractivity contribution in [1.29, 1.82) is 0 Å². The van der Waals surface area contributed by atoms with E-state index in [9.17, 15) is 18.0 Å². The molecule has 7 nitrogen and oxygen atoms in total. The maximum absolute atomic E-state index is 12.0. The van der Waals surface area contributed by atoms with Crippen LogP contribution >= 0.6 is 0 Å². The highest BCUT2D eigenvalue weighted by atomic mass is 32.2. The highest BCUT2D eigenvalue weighted by Crippen LogP contribution is 2.18. The standard InChI is InChI=1S/C13H16N2O5S/c16-12(15-10-4-5-10)6-7-14-21(19,20)11-3-1-2-9(8-11)13(17)18/h1-3,8,10,14H,4-7H2,(H,15,16)(H,17,18). The fourth-order valence-electron chi connectivity index (χ4n) is 1.71. The lowest BCUT2D eigenvalue weighted by Gasteiger charge is -2.07. The number of aromatic carboxylic acids is 1. The van der Waals surface area contributed by atoms with Crippen molar-refractivity contribution < 1.29 is 23.1 Å². The van der Waals surface area contributed by atoms with Crippen LogP contribution < -0.4 is 10.0 Å². The van der Waals surface area contributed by atoms with Crippen LogP contribution in [0.4, 0.5) is 0 Å². The zero-order valence-electron chi connectivity index (χ0n) is 11.2. The van der Waals surface area contributed by atoms with Crippen molar-refractivity contribution in [3.8, 4) is 0 Å². The van der Waals surface area contributed by atoms with Crippen LogP contribution in [0.15, 0.2) is 29.2 Å². The van der Waals surface area contributed by atoms with Gasteiger partial charge in [-0.15, -0.1) is 0 Å². The van der Waals surface area contributed by atoms with E-state index in [1.165, 1.54) is 18.2 Å². The van der Waals surface area contributed by atoms with Gasteiger partial charge in [0, 0.05) is 19.0 Å². The Morgan fingerprint density at radius 2 is 2.00 bits per heavy atom. The molecule has 21 heavy (non-hydrogen) atoms. The van der Waals surface area contributed by atoms with E-state index >= 15 is 0 Å². The summed E-state index contributed by atoms with van der Waals surface area (Å²) in [6.07, 6.45) is 1.99. The maximum Gasteiger partial charge on any atom is 0.335 e. The number of carboxylic acid groups (broad SMARTS) is 1. The first-order chi connectivity index (χ1) is 9.88. The predicted molar refractivity (Wildman–Crippen MR) is 74.4 cm³/mol. The lowest BCUT2D eigenvalue weighted by molar-refractivity contribution is -0.121. The normalized spacial score (nSPS) is 14.7. The molecule has 1 aromatic carbocycles. The molecule has 1 aliphatic carbocycles. The van der Waals surface area contributed by atoms with E-state index in [0.29, 0.717) is 0 Å². The lowest BCUT2D eigenvalue weighted by Crippen LogP contribution is -2.31. The van der Waals surface area contributed by atoms with Gasteiger partial charge in [0.2, 0.25) is 15.9 Å². The molecule has 2 rings (SSSR count). The summed E-state index contributed by atoms with van der Waals surface area (Å²) in [4.78, 5) is 22.1. The second-order valence-electron chi connectivity index (χ2n) is 4.82. The fraction of sp³-hybridized carbons (Fsp3) is 0.385. The largest absolute Gasteiger partial charge is 0.478 e. The van der Waals surface area contributed by atoms with E-state index in [1.807, 2.05) is 0 Å².